The summed E-state index contributed by atoms with van der Waals surface area (Å²) in [5.74, 6) is 0.418. The molecule has 10 nitrogen and oxygen atoms in total. The van der Waals surface area contributed by atoms with Crippen molar-refractivity contribution in [2.45, 2.75) is 31.8 Å². The number of anilines is 2. The van der Waals surface area contributed by atoms with Gasteiger partial charge in [-0.2, -0.15) is 0 Å². The first-order valence-electron chi connectivity index (χ1n) is 17.1. The monoisotopic (exact) mass is 716 g/mol. The molecule has 0 bridgehead atoms. The van der Waals surface area contributed by atoms with E-state index < -0.39 is 0 Å². The lowest BCUT2D eigenvalue weighted by molar-refractivity contribution is 0.102. The van der Waals surface area contributed by atoms with E-state index in [2.05, 4.69) is 25.1 Å². The molecule has 0 spiro atoms. The van der Waals surface area contributed by atoms with Gasteiger partial charge in [0.25, 0.3) is 5.91 Å². The molecule has 1 atom stereocenters. The van der Waals surface area contributed by atoms with Crippen LogP contribution < -0.4 is 15.5 Å². The standard InChI is InChI=1S/C39H34Cl2N8O2/c1-22-17-30(37(43-20-22)47-14-11-27(12-15-47)48-16-13-42-39(48)51)46-38(50)34-32-31-28(18-26(41)19-29(31)45-34)35(24-7-9-25(40)10-8-24)49-21-44-33(36(32)49)23-5-3-2-4-6-23/h2-10,17-21,27,35,45H,11-16H2,1H3,(H,42,51)(H,46,50)/t35-/m1/s1. The highest BCUT2D eigenvalue weighted by Crippen LogP contribution is 2.50. The maximum atomic E-state index is 14.6. The number of rotatable bonds is 6. The number of imidazole rings is 1. The Bertz CT molecular complexity index is 2330. The van der Waals surface area contributed by atoms with Crippen LogP contribution in [-0.4, -0.2) is 68.6 Å². The summed E-state index contributed by atoms with van der Waals surface area (Å²) in [5, 5.41) is 8.28. The van der Waals surface area contributed by atoms with Crippen molar-refractivity contribution in [2.24, 2.45) is 0 Å². The Labute approximate surface area is 304 Å². The summed E-state index contributed by atoms with van der Waals surface area (Å²) in [5.41, 5.74) is 8.04. The molecule has 3 aromatic heterocycles. The van der Waals surface area contributed by atoms with Gasteiger partial charge in [0.15, 0.2) is 5.82 Å². The fraction of sp³-hybridized carbons (Fsp3) is 0.231. The van der Waals surface area contributed by atoms with Gasteiger partial charge < -0.3 is 30.0 Å². The third-order valence-electron chi connectivity index (χ3n) is 10.3. The first-order valence-corrected chi connectivity index (χ1v) is 17.9. The molecule has 0 radical (unpaired) electrons. The van der Waals surface area contributed by atoms with Crippen LogP contribution in [-0.2, 0) is 0 Å². The highest BCUT2D eigenvalue weighted by atomic mass is 35.5. The van der Waals surface area contributed by atoms with Crippen LogP contribution in [0.3, 0.4) is 0 Å². The Hall–Kier alpha value is -5.32. The van der Waals surface area contributed by atoms with E-state index in [1.807, 2.05) is 97.1 Å². The van der Waals surface area contributed by atoms with E-state index in [-0.39, 0.29) is 24.0 Å². The number of nitrogens with one attached hydrogen (secondary N) is 3. The van der Waals surface area contributed by atoms with Crippen molar-refractivity contribution >= 4 is 57.5 Å². The molecule has 0 unspecified atom stereocenters. The maximum Gasteiger partial charge on any atom is 0.317 e. The van der Waals surface area contributed by atoms with Gasteiger partial charge in [-0.05, 0) is 66.8 Å². The molecule has 3 aliphatic heterocycles. The number of urea groups is 1. The number of hydrogen-bond donors (Lipinski definition) is 3. The third-order valence-corrected chi connectivity index (χ3v) is 10.8. The summed E-state index contributed by atoms with van der Waals surface area (Å²) >= 11 is 13.1. The zero-order valence-electron chi connectivity index (χ0n) is 27.8. The second-order valence-electron chi connectivity index (χ2n) is 13.4. The zero-order chi connectivity index (χ0) is 34.8. The largest absolute Gasteiger partial charge is 0.355 e. The minimum absolute atomic E-state index is 0.0119. The number of H-pyrrole nitrogens is 1. The Kier molecular flexibility index (Phi) is 7.74. The molecule has 6 heterocycles. The lowest BCUT2D eigenvalue weighted by Crippen LogP contribution is -2.46. The van der Waals surface area contributed by atoms with Gasteiger partial charge in [-0.1, -0.05) is 65.7 Å². The van der Waals surface area contributed by atoms with Crippen molar-refractivity contribution < 1.29 is 9.59 Å². The van der Waals surface area contributed by atoms with Crippen molar-refractivity contribution in [1.29, 1.82) is 0 Å². The smallest absolute Gasteiger partial charge is 0.317 e. The molecule has 0 saturated carbocycles. The molecule has 0 aliphatic carbocycles. The summed E-state index contributed by atoms with van der Waals surface area (Å²) in [7, 11) is 0. The number of carbonyl (C=O) groups excluding carboxylic acids is 2. The zero-order valence-corrected chi connectivity index (χ0v) is 29.3. The third kappa shape index (κ3) is 5.41. The first-order chi connectivity index (χ1) is 24.8. The lowest BCUT2D eigenvalue weighted by atomic mass is 9.88. The average molecular weight is 718 g/mol. The van der Waals surface area contributed by atoms with Crippen LogP contribution >= 0.6 is 23.2 Å². The van der Waals surface area contributed by atoms with E-state index in [4.69, 9.17) is 33.2 Å². The number of piperidine rings is 1. The molecular formula is C39H34Cl2N8O2. The Morgan fingerprint density at radius 2 is 1.73 bits per heavy atom. The maximum absolute atomic E-state index is 14.6. The number of halogens is 2. The minimum Gasteiger partial charge on any atom is -0.355 e. The molecule has 9 rings (SSSR count). The molecular weight excluding hydrogens is 683 g/mol. The highest BCUT2D eigenvalue weighted by Gasteiger charge is 2.37. The van der Waals surface area contributed by atoms with Crippen molar-refractivity contribution in [3.63, 3.8) is 0 Å². The van der Waals surface area contributed by atoms with Crippen LogP contribution in [0.15, 0.2) is 85.3 Å². The first kappa shape index (κ1) is 31.6. The SMILES string of the molecule is Cc1cnc(N2CCC(N3CCNC3=O)CC2)c(NC(=O)c2[nH]c3cc(Cl)cc4c3c2-c2c(-c3ccccc3)ncn2[C@@H]4c2ccc(Cl)cc2)c1. The van der Waals surface area contributed by atoms with Gasteiger partial charge in [-0.3, -0.25) is 4.79 Å². The number of carbonyl (C=O) groups is 2. The number of pyridine rings is 1. The summed E-state index contributed by atoms with van der Waals surface area (Å²) in [6.07, 6.45) is 5.33. The van der Waals surface area contributed by atoms with Gasteiger partial charge in [0, 0.05) is 70.5 Å². The fourth-order valence-corrected chi connectivity index (χ4v) is 8.36. The number of nitrogens with zero attached hydrogens (tertiary/aromatic N) is 5. The van der Waals surface area contributed by atoms with Gasteiger partial charge in [-0.25, -0.2) is 14.8 Å². The lowest BCUT2D eigenvalue weighted by Gasteiger charge is -2.37. The Morgan fingerprint density at radius 1 is 0.941 bits per heavy atom. The molecule has 3 aliphatic rings. The minimum atomic E-state index is -0.294. The summed E-state index contributed by atoms with van der Waals surface area (Å²) in [4.78, 5) is 44.3. The van der Waals surface area contributed by atoms with E-state index in [0.717, 1.165) is 82.6 Å². The van der Waals surface area contributed by atoms with Crippen LogP contribution in [0, 0.1) is 6.92 Å². The molecule has 3 amide bonds. The highest BCUT2D eigenvalue weighted by molar-refractivity contribution is 6.32. The molecule has 2 fully saturated rings. The normalized spacial score (nSPS) is 17.2. The van der Waals surface area contributed by atoms with Crippen LogP contribution in [0.5, 0.6) is 0 Å². The average Bonchev–Trinajstić information content (AvgIpc) is 3.87. The van der Waals surface area contributed by atoms with Gasteiger partial charge >= 0.3 is 6.03 Å². The van der Waals surface area contributed by atoms with E-state index in [1.165, 1.54) is 0 Å². The molecule has 12 heteroatoms. The molecule has 3 aromatic carbocycles. The van der Waals surface area contributed by atoms with Gasteiger partial charge in [0.2, 0.25) is 0 Å². The summed E-state index contributed by atoms with van der Waals surface area (Å²) in [6, 6.07) is 23.6. The second kappa shape index (κ2) is 12.5. The van der Waals surface area contributed by atoms with E-state index in [0.29, 0.717) is 33.8 Å². The number of benzene rings is 3. The van der Waals surface area contributed by atoms with E-state index in [1.54, 1.807) is 0 Å². The predicted octanol–water partition coefficient (Wildman–Crippen LogP) is 7.91. The quantitative estimate of drug-likeness (QED) is 0.162. The fourth-order valence-electron chi connectivity index (χ4n) is 8.01. The molecule has 256 valence electrons. The number of aromatic nitrogens is 4. The predicted molar refractivity (Wildman–Crippen MR) is 201 cm³/mol. The molecule has 6 aromatic rings. The van der Waals surface area contributed by atoms with Gasteiger partial charge in [0.1, 0.15) is 5.69 Å². The topological polar surface area (TPSA) is 111 Å². The Morgan fingerprint density at radius 3 is 2.47 bits per heavy atom. The van der Waals surface area contributed by atoms with E-state index in [9.17, 15) is 9.59 Å². The molecule has 3 N–H and O–H groups in total. The van der Waals surface area contributed by atoms with Crippen molar-refractivity contribution in [1.82, 2.24) is 29.7 Å². The molecule has 51 heavy (non-hydrogen) atoms. The number of aryl methyl sites for hydroxylation is 1. The van der Waals surface area contributed by atoms with Crippen LogP contribution in [0.25, 0.3) is 33.4 Å². The van der Waals surface area contributed by atoms with E-state index >= 15 is 0 Å². The molecule has 2 saturated heterocycles. The van der Waals surface area contributed by atoms with Gasteiger partial charge in [0.05, 0.1) is 29.4 Å². The number of aromatic amines is 1. The number of fused-ring (bicyclic) bond motifs is 2. The number of amides is 3. The summed E-state index contributed by atoms with van der Waals surface area (Å²) < 4.78 is 2.13. The van der Waals surface area contributed by atoms with Gasteiger partial charge in [-0.15, -0.1) is 0 Å². The Balaban J connectivity index is 1.14. The van der Waals surface area contributed by atoms with Crippen molar-refractivity contribution in [2.75, 3.05) is 36.4 Å². The van der Waals surface area contributed by atoms with Crippen molar-refractivity contribution in [3.05, 3.63) is 118 Å². The van der Waals surface area contributed by atoms with Crippen LogP contribution in [0.2, 0.25) is 10.0 Å². The van der Waals surface area contributed by atoms with Crippen LogP contribution in [0.1, 0.15) is 46.1 Å². The van der Waals surface area contributed by atoms with Crippen molar-refractivity contribution in [3.8, 4) is 22.5 Å². The second-order valence-corrected chi connectivity index (χ2v) is 14.3. The van der Waals surface area contributed by atoms with Crippen LogP contribution in [0.4, 0.5) is 16.3 Å². The number of hydrogen-bond acceptors (Lipinski definition) is 5. The summed E-state index contributed by atoms with van der Waals surface area (Å²) in [6.45, 7) is 4.83.